The Labute approximate surface area is 148 Å². The summed E-state index contributed by atoms with van der Waals surface area (Å²) in [6.07, 6.45) is 0.461. The van der Waals surface area contributed by atoms with Crippen LogP contribution >= 0.6 is 11.6 Å². The molecule has 2 aromatic rings. The molecule has 1 aliphatic heterocycles. The van der Waals surface area contributed by atoms with Gasteiger partial charge in [-0.3, -0.25) is 9.59 Å². The number of halogens is 3. The molecule has 2 atom stereocenters. The summed E-state index contributed by atoms with van der Waals surface area (Å²) < 4.78 is 27.0. The second-order valence-corrected chi connectivity index (χ2v) is 6.34. The minimum atomic E-state index is -1.15. The van der Waals surface area contributed by atoms with Gasteiger partial charge in [0.2, 0.25) is 11.8 Å². The molecule has 0 aliphatic carbocycles. The zero-order chi connectivity index (χ0) is 18.0. The highest BCUT2D eigenvalue weighted by Gasteiger charge is 2.40. The number of nitrogens with one attached hydrogen (secondary N) is 2. The number of carbonyl (C=O) groups is 2. The van der Waals surface area contributed by atoms with Crippen LogP contribution in [0, 0.1) is 23.5 Å². The first kappa shape index (κ1) is 17.4. The van der Waals surface area contributed by atoms with Gasteiger partial charge in [-0.1, -0.05) is 29.8 Å². The molecule has 2 aromatic carbocycles. The molecule has 2 unspecified atom stereocenters. The average molecular weight is 365 g/mol. The molecule has 1 aliphatic rings. The molecule has 0 saturated carbocycles. The van der Waals surface area contributed by atoms with Crippen LogP contribution < -0.4 is 10.6 Å². The largest absolute Gasteiger partial charge is 0.355 e. The monoisotopic (exact) mass is 364 g/mol. The number of amides is 2. The van der Waals surface area contributed by atoms with Crippen LogP contribution in [0.15, 0.2) is 42.5 Å². The van der Waals surface area contributed by atoms with Gasteiger partial charge in [0.1, 0.15) is 5.92 Å². The molecular weight excluding hydrogens is 350 g/mol. The highest BCUT2D eigenvalue weighted by Crippen LogP contribution is 2.26. The number of benzene rings is 2. The second-order valence-electron chi connectivity index (χ2n) is 5.91. The van der Waals surface area contributed by atoms with Gasteiger partial charge in [-0.05, 0) is 36.2 Å². The predicted octanol–water partition coefficient (Wildman–Crippen LogP) is 3.16. The number of anilines is 1. The number of rotatable bonds is 4. The highest BCUT2D eigenvalue weighted by molar-refractivity contribution is 6.30. The molecule has 25 heavy (non-hydrogen) atoms. The van der Waals surface area contributed by atoms with E-state index in [0.717, 1.165) is 11.6 Å². The Morgan fingerprint density at radius 2 is 2.00 bits per heavy atom. The van der Waals surface area contributed by atoms with Crippen molar-refractivity contribution >= 4 is 29.1 Å². The fourth-order valence-electron chi connectivity index (χ4n) is 2.97. The van der Waals surface area contributed by atoms with Gasteiger partial charge in [-0.25, -0.2) is 8.78 Å². The lowest BCUT2D eigenvalue weighted by Crippen LogP contribution is -2.33. The molecule has 0 spiro atoms. The van der Waals surface area contributed by atoms with Crippen LogP contribution in [0.5, 0.6) is 0 Å². The van der Waals surface area contributed by atoms with Crippen molar-refractivity contribution in [2.75, 3.05) is 11.9 Å². The molecule has 130 valence electrons. The Balaban J connectivity index is 1.77. The Bertz CT molecular complexity index is 828. The molecule has 4 nitrogen and oxygen atoms in total. The second kappa shape index (κ2) is 7.19. The van der Waals surface area contributed by atoms with Gasteiger partial charge < -0.3 is 10.6 Å². The van der Waals surface area contributed by atoms with E-state index in [-0.39, 0.29) is 11.6 Å². The topological polar surface area (TPSA) is 58.2 Å². The minimum Gasteiger partial charge on any atom is -0.355 e. The third-order valence-electron chi connectivity index (χ3n) is 4.17. The van der Waals surface area contributed by atoms with E-state index in [2.05, 4.69) is 10.6 Å². The molecule has 0 bridgehead atoms. The van der Waals surface area contributed by atoms with E-state index >= 15 is 0 Å². The molecule has 3 rings (SSSR count). The van der Waals surface area contributed by atoms with E-state index in [1.807, 2.05) is 6.07 Å². The summed E-state index contributed by atoms with van der Waals surface area (Å²) >= 11 is 5.96. The first-order chi connectivity index (χ1) is 12.0. The summed E-state index contributed by atoms with van der Waals surface area (Å²) in [5.74, 6) is -4.60. The van der Waals surface area contributed by atoms with Gasteiger partial charge in [0.05, 0.1) is 5.69 Å². The molecule has 2 N–H and O–H groups in total. The van der Waals surface area contributed by atoms with Crippen LogP contribution in [0.3, 0.4) is 0 Å². The van der Waals surface area contributed by atoms with Crippen molar-refractivity contribution in [2.24, 2.45) is 11.8 Å². The van der Waals surface area contributed by atoms with Crippen LogP contribution in [-0.2, 0) is 16.0 Å². The van der Waals surface area contributed by atoms with Crippen LogP contribution in [0.2, 0.25) is 5.02 Å². The summed E-state index contributed by atoms with van der Waals surface area (Å²) in [4.78, 5) is 24.5. The Morgan fingerprint density at radius 1 is 1.24 bits per heavy atom. The van der Waals surface area contributed by atoms with Crippen molar-refractivity contribution in [3.05, 3.63) is 64.7 Å². The van der Waals surface area contributed by atoms with Gasteiger partial charge in [0, 0.05) is 17.5 Å². The molecule has 0 aromatic heterocycles. The highest BCUT2D eigenvalue weighted by atomic mass is 35.5. The predicted molar refractivity (Wildman–Crippen MR) is 90.1 cm³/mol. The van der Waals surface area contributed by atoms with Gasteiger partial charge in [0.25, 0.3) is 0 Å². The van der Waals surface area contributed by atoms with E-state index < -0.39 is 29.4 Å². The van der Waals surface area contributed by atoms with Crippen molar-refractivity contribution in [1.82, 2.24) is 5.32 Å². The van der Waals surface area contributed by atoms with Crippen LogP contribution in [0.25, 0.3) is 0 Å². The quantitative estimate of drug-likeness (QED) is 0.819. The van der Waals surface area contributed by atoms with Crippen molar-refractivity contribution in [3.63, 3.8) is 0 Å². The number of hydrogen-bond acceptors (Lipinski definition) is 2. The van der Waals surface area contributed by atoms with Crippen molar-refractivity contribution in [2.45, 2.75) is 6.42 Å². The zero-order valence-electron chi connectivity index (χ0n) is 13.1. The third-order valence-corrected chi connectivity index (χ3v) is 4.41. The summed E-state index contributed by atoms with van der Waals surface area (Å²) in [5.41, 5.74) is 0.606. The zero-order valence-corrected chi connectivity index (χ0v) is 13.8. The third kappa shape index (κ3) is 3.79. The van der Waals surface area contributed by atoms with E-state index in [1.165, 1.54) is 12.1 Å². The molecule has 1 saturated heterocycles. The SMILES string of the molecule is O=C1NCC(Cc2cccc(Cl)c2)C1C(=O)Nc1cccc(F)c1F. The maximum Gasteiger partial charge on any atom is 0.237 e. The molecule has 2 amide bonds. The Kier molecular flexibility index (Phi) is 4.99. The standard InChI is InChI=1S/C18H15ClF2N2O2/c19-12-4-1-3-10(8-12)7-11-9-22-17(24)15(11)18(25)23-14-6-2-5-13(20)16(14)21/h1-6,8,11,15H,7,9H2,(H,22,24)(H,23,25). The van der Waals surface area contributed by atoms with Crippen molar-refractivity contribution in [1.29, 1.82) is 0 Å². The lowest BCUT2D eigenvalue weighted by molar-refractivity contribution is -0.131. The molecule has 0 radical (unpaired) electrons. The number of carbonyl (C=O) groups excluding carboxylic acids is 2. The lowest BCUT2D eigenvalue weighted by atomic mass is 9.88. The number of hydrogen-bond donors (Lipinski definition) is 2. The van der Waals surface area contributed by atoms with Gasteiger partial charge in [0.15, 0.2) is 11.6 Å². The maximum atomic E-state index is 13.7. The molecule has 1 fully saturated rings. The Morgan fingerprint density at radius 3 is 2.76 bits per heavy atom. The van der Waals surface area contributed by atoms with E-state index in [4.69, 9.17) is 11.6 Å². The average Bonchev–Trinajstić information content (AvgIpc) is 2.92. The molecular formula is C18H15ClF2N2O2. The summed E-state index contributed by atoms with van der Waals surface area (Å²) in [5, 5.41) is 5.52. The van der Waals surface area contributed by atoms with Crippen molar-refractivity contribution in [3.8, 4) is 0 Å². The van der Waals surface area contributed by atoms with E-state index in [9.17, 15) is 18.4 Å². The van der Waals surface area contributed by atoms with Gasteiger partial charge >= 0.3 is 0 Å². The molecule has 7 heteroatoms. The Hall–Kier alpha value is -2.47. The van der Waals surface area contributed by atoms with Crippen LogP contribution in [0.4, 0.5) is 14.5 Å². The summed E-state index contributed by atoms with van der Waals surface area (Å²) in [6.45, 7) is 0.328. The summed E-state index contributed by atoms with van der Waals surface area (Å²) in [6, 6.07) is 10.6. The van der Waals surface area contributed by atoms with Gasteiger partial charge in [-0.2, -0.15) is 0 Å². The molecule has 1 heterocycles. The fraction of sp³-hybridized carbons (Fsp3) is 0.222. The lowest BCUT2D eigenvalue weighted by Gasteiger charge is -2.17. The van der Waals surface area contributed by atoms with Crippen LogP contribution in [-0.4, -0.2) is 18.4 Å². The fourth-order valence-corrected chi connectivity index (χ4v) is 3.19. The van der Waals surface area contributed by atoms with E-state index in [0.29, 0.717) is 18.0 Å². The summed E-state index contributed by atoms with van der Waals surface area (Å²) in [7, 11) is 0. The first-order valence-corrected chi connectivity index (χ1v) is 8.10. The normalized spacial score (nSPS) is 19.6. The maximum absolute atomic E-state index is 13.7. The van der Waals surface area contributed by atoms with Crippen molar-refractivity contribution < 1.29 is 18.4 Å². The smallest absolute Gasteiger partial charge is 0.237 e. The minimum absolute atomic E-state index is 0.286. The van der Waals surface area contributed by atoms with Crippen LogP contribution in [0.1, 0.15) is 5.56 Å². The first-order valence-electron chi connectivity index (χ1n) is 7.72. The van der Waals surface area contributed by atoms with Gasteiger partial charge in [-0.15, -0.1) is 0 Å². The van der Waals surface area contributed by atoms with E-state index in [1.54, 1.807) is 18.2 Å².